The third kappa shape index (κ3) is 5.30. The van der Waals surface area contributed by atoms with E-state index >= 15 is 4.39 Å². The van der Waals surface area contributed by atoms with Gasteiger partial charge in [-0.3, -0.25) is 4.90 Å². The minimum absolute atomic E-state index is 0.0150. The number of nitrogens with one attached hydrogen (secondary N) is 1. The highest BCUT2D eigenvalue weighted by Crippen LogP contribution is 2.50. The predicted molar refractivity (Wildman–Crippen MR) is 180 cm³/mol. The SMILES string of the molecule is C#Cc1c(F)ccc2c1C(c1c(F)cc3c(N4CC5CCC(C4)N5)nc(OCC4(CN5CCOC6(CC6)C5)CC4)nc3c1Cl)CC(O)=C2. The Bertz CT molecular complexity index is 1890. The van der Waals surface area contributed by atoms with Gasteiger partial charge in [0, 0.05) is 73.5 Å². The normalized spacial score (nSPS) is 26.7. The van der Waals surface area contributed by atoms with E-state index in [9.17, 15) is 9.50 Å². The summed E-state index contributed by atoms with van der Waals surface area (Å²) in [7, 11) is 0. The van der Waals surface area contributed by atoms with Gasteiger partial charge < -0.3 is 24.8 Å². The van der Waals surface area contributed by atoms with Crippen molar-refractivity contribution in [3.8, 4) is 18.4 Å². The standard InChI is InChI=1S/C37H38ClF2N5O3/c1-2-25-28(39)6-3-21-13-24(46)14-26(30(21)25)31-29(40)15-27-33(32(31)38)42-35(43-34(27)45-16-22-4-5-23(17-45)41-22)47-20-36(7-8-36)18-44-11-12-48-37(19-44)9-10-37/h1,3,6,13,15,22-23,26,41,46H,4-5,7-12,14,16-20H2. The van der Waals surface area contributed by atoms with E-state index in [2.05, 4.69) is 21.0 Å². The van der Waals surface area contributed by atoms with Crippen LogP contribution in [0.15, 0.2) is 24.0 Å². The Morgan fingerprint density at radius 1 is 1.10 bits per heavy atom. The number of aliphatic hydroxyl groups excluding tert-OH is 1. The summed E-state index contributed by atoms with van der Waals surface area (Å²) in [5.74, 6) is 1.08. The van der Waals surface area contributed by atoms with Crippen molar-refractivity contribution in [2.75, 3.05) is 50.8 Å². The summed E-state index contributed by atoms with van der Waals surface area (Å²) >= 11 is 7.16. The summed E-state index contributed by atoms with van der Waals surface area (Å²) in [5, 5.41) is 14.9. The molecule has 6 aliphatic rings. The van der Waals surface area contributed by atoms with Gasteiger partial charge in [-0.2, -0.15) is 9.97 Å². The molecule has 2 bridgehead atoms. The van der Waals surface area contributed by atoms with Crippen LogP contribution < -0.4 is 15.0 Å². The lowest BCUT2D eigenvalue weighted by molar-refractivity contribution is -0.0532. The second-order valence-electron chi connectivity index (χ2n) is 14.8. The van der Waals surface area contributed by atoms with Crippen LogP contribution >= 0.6 is 11.6 Å². The molecule has 0 amide bonds. The van der Waals surface area contributed by atoms with E-state index in [-0.39, 0.29) is 45.4 Å². The molecule has 11 heteroatoms. The maximum absolute atomic E-state index is 16.5. The molecule has 250 valence electrons. The van der Waals surface area contributed by atoms with Crippen LogP contribution in [0.3, 0.4) is 0 Å². The smallest absolute Gasteiger partial charge is 0.319 e. The number of ether oxygens (including phenoxy) is 2. The molecule has 3 saturated heterocycles. The van der Waals surface area contributed by atoms with E-state index in [0.29, 0.717) is 46.5 Å². The van der Waals surface area contributed by atoms with Crippen molar-refractivity contribution < 1.29 is 23.4 Å². The van der Waals surface area contributed by atoms with Crippen molar-refractivity contribution in [3.05, 3.63) is 62.9 Å². The molecule has 5 fully saturated rings. The summed E-state index contributed by atoms with van der Waals surface area (Å²) < 4.78 is 43.9. The highest BCUT2D eigenvalue weighted by atomic mass is 35.5. The highest BCUT2D eigenvalue weighted by Gasteiger charge is 2.51. The topological polar surface area (TPSA) is 83.0 Å². The molecular weight excluding hydrogens is 636 g/mol. The van der Waals surface area contributed by atoms with E-state index < -0.39 is 17.6 Å². The Labute approximate surface area is 283 Å². The van der Waals surface area contributed by atoms with E-state index in [4.69, 9.17) is 37.5 Å². The quantitative estimate of drug-likeness (QED) is 0.298. The van der Waals surface area contributed by atoms with Crippen LogP contribution in [0.1, 0.15) is 73.1 Å². The predicted octanol–water partition coefficient (Wildman–Crippen LogP) is 5.94. The van der Waals surface area contributed by atoms with Gasteiger partial charge in [-0.1, -0.05) is 23.6 Å². The Morgan fingerprint density at radius 3 is 2.62 bits per heavy atom. The molecule has 3 atom stereocenters. The average Bonchev–Trinajstić information content (AvgIpc) is 3.99. The Kier molecular flexibility index (Phi) is 7.18. The Morgan fingerprint density at radius 2 is 1.90 bits per heavy atom. The number of morpholine rings is 1. The number of piperazine rings is 1. The van der Waals surface area contributed by atoms with Gasteiger partial charge in [-0.05, 0) is 67.9 Å². The van der Waals surface area contributed by atoms with Crippen LogP contribution in [0, 0.1) is 29.4 Å². The number of allylic oxidation sites excluding steroid dienone is 1. The number of nitrogens with zero attached hydrogens (tertiary/aromatic N) is 4. The lowest BCUT2D eigenvalue weighted by Crippen LogP contribution is -2.51. The van der Waals surface area contributed by atoms with Crippen LogP contribution in [-0.2, 0) is 4.74 Å². The van der Waals surface area contributed by atoms with Crippen molar-refractivity contribution in [2.24, 2.45) is 5.41 Å². The molecular formula is C37H38ClF2N5O3. The van der Waals surface area contributed by atoms with Crippen LogP contribution in [0.2, 0.25) is 5.02 Å². The van der Waals surface area contributed by atoms with E-state index in [1.165, 1.54) is 12.1 Å². The molecule has 1 spiro atoms. The molecule has 3 aromatic rings. The fourth-order valence-electron chi connectivity index (χ4n) is 8.54. The number of hydrogen-bond donors (Lipinski definition) is 2. The second kappa shape index (κ2) is 11.3. The molecule has 48 heavy (non-hydrogen) atoms. The lowest BCUT2D eigenvalue weighted by Gasteiger charge is -2.35. The second-order valence-corrected chi connectivity index (χ2v) is 15.2. The fraction of sp³-hybridized carbons (Fsp3) is 0.514. The zero-order chi connectivity index (χ0) is 32.8. The largest absolute Gasteiger partial charge is 0.512 e. The molecule has 2 N–H and O–H groups in total. The van der Waals surface area contributed by atoms with Gasteiger partial charge in [0.05, 0.1) is 40.7 Å². The maximum atomic E-state index is 16.5. The van der Waals surface area contributed by atoms with Gasteiger partial charge >= 0.3 is 6.01 Å². The number of aromatic nitrogens is 2. The molecule has 3 aliphatic heterocycles. The number of halogens is 3. The van der Waals surface area contributed by atoms with Crippen molar-refractivity contribution in [1.29, 1.82) is 0 Å². The number of rotatable bonds is 7. The van der Waals surface area contributed by atoms with Crippen LogP contribution in [-0.4, -0.2) is 83.6 Å². The average molecular weight is 674 g/mol. The number of hydrogen-bond acceptors (Lipinski definition) is 8. The van der Waals surface area contributed by atoms with Crippen LogP contribution in [0.4, 0.5) is 14.6 Å². The van der Waals surface area contributed by atoms with E-state index in [0.717, 1.165) is 77.9 Å². The molecule has 3 aliphatic carbocycles. The molecule has 3 unspecified atom stereocenters. The highest BCUT2D eigenvalue weighted by molar-refractivity contribution is 6.36. The fourth-order valence-corrected chi connectivity index (χ4v) is 8.91. The first-order valence-electron chi connectivity index (χ1n) is 17.1. The number of aliphatic hydroxyl groups is 1. The molecule has 8 nitrogen and oxygen atoms in total. The Hall–Kier alpha value is -3.49. The molecule has 4 heterocycles. The zero-order valence-corrected chi connectivity index (χ0v) is 27.5. The Balaban J connectivity index is 1.10. The maximum Gasteiger partial charge on any atom is 0.319 e. The van der Waals surface area contributed by atoms with Crippen LogP contribution in [0.25, 0.3) is 17.0 Å². The van der Waals surface area contributed by atoms with Gasteiger partial charge in [0.1, 0.15) is 17.5 Å². The van der Waals surface area contributed by atoms with Crippen LogP contribution in [0.5, 0.6) is 6.01 Å². The number of terminal acetylenes is 1. The van der Waals surface area contributed by atoms with E-state index in [1.807, 2.05) is 0 Å². The molecule has 9 rings (SSSR count). The van der Waals surface area contributed by atoms with Crippen molar-refractivity contribution in [2.45, 2.75) is 68.5 Å². The molecule has 2 saturated carbocycles. The van der Waals surface area contributed by atoms with Gasteiger partial charge in [-0.15, -0.1) is 6.42 Å². The van der Waals surface area contributed by atoms with Crippen molar-refractivity contribution in [1.82, 2.24) is 20.2 Å². The minimum atomic E-state index is -0.820. The lowest BCUT2D eigenvalue weighted by atomic mass is 9.78. The van der Waals surface area contributed by atoms with Crippen molar-refractivity contribution in [3.63, 3.8) is 0 Å². The van der Waals surface area contributed by atoms with Gasteiger partial charge in [0.2, 0.25) is 0 Å². The molecule has 2 aromatic carbocycles. The summed E-state index contributed by atoms with van der Waals surface area (Å²) in [4.78, 5) is 14.5. The number of fused-ring (bicyclic) bond motifs is 4. The van der Waals surface area contributed by atoms with Crippen molar-refractivity contribution >= 4 is 34.4 Å². The third-order valence-corrected chi connectivity index (χ3v) is 11.7. The summed E-state index contributed by atoms with van der Waals surface area (Å²) in [6.07, 6.45) is 13.9. The first-order valence-corrected chi connectivity index (χ1v) is 17.5. The zero-order valence-electron chi connectivity index (χ0n) is 26.7. The van der Waals surface area contributed by atoms with E-state index in [1.54, 1.807) is 12.1 Å². The molecule has 0 radical (unpaired) electrons. The molecule has 1 aromatic heterocycles. The summed E-state index contributed by atoms with van der Waals surface area (Å²) in [5.41, 5.74) is 1.55. The summed E-state index contributed by atoms with van der Waals surface area (Å²) in [6, 6.07) is 5.08. The number of benzene rings is 2. The first-order chi connectivity index (χ1) is 23.2. The summed E-state index contributed by atoms with van der Waals surface area (Å²) in [6.45, 7) is 5.54. The third-order valence-electron chi connectivity index (χ3n) is 11.4. The monoisotopic (exact) mass is 673 g/mol. The number of anilines is 1. The van der Waals surface area contributed by atoms with Gasteiger partial charge in [0.25, 0.3) is 0 Å². The minimum Gasteiger partial charge on any atom is -0.512 e. The van der Waals surface area contributed by atoms with Gasteiger partial charge in [-0.25, -0.2) is 8.78 Å². The first kappa shape index (κ1) is 30.6. The van der Waals surface area contributed by atoms with Gasteiger partial charge in [0.15, 0.2) is 0 Å².